The van der Waals surface area contributed by atoms with E-state index in [1.54, 1.807) is 0 Å². The first-order chi connectivity index (χ1) is 7.00. The fourth-order valence-corrected chi connectivity index (χ4v) is 2.66. The van der Waals surface area contributed by atoms with Crippen molar-refractivity contribution >= 4 is 15.9 Å². The van der Waals surface area contributed by atoms with Crippen LogP contribution in [0.5, 0.6) is 0 Å². The molecule has 1 rings (SSSR count). The number of primary sulfonamides is 1. The molecule has 0 unspecified atom stereocenters. The Balaban J connectivity index is 2.45. The Morgan fingerprint density at radius 3 is 2.00 bits per heavy atom. The van der Waals surface area contributed by atoms with Gasteiger partial charge in [-0.25, -0.2) is 13.6 Å². The molecule has 0 spiro atoms. The highest BCUT2D eigenvalue weighted by Crippen LogP contribution is 2.68. The van der Waals surface area contributed by atoms with Crippen molar-refractivity contribution in [2.75, 3.05) is 12.3 Å². The van der Waals surface area contributed by atoms with Crippen LogP contribution in [0.1, 0.15) is 27.7 Å². The summed E-state index contributed by atoms with van der Waals surface area (Å²) in [5.41, 5.74) is -0.0582. The van der Waals surface area contributed by atoms with Gasteiger partial charge in [-0.15, -0.1) is 0 Å². The third kappa shape index (κ3) is 2.38. The van der Waals surface area contributed by atoms with Crippen LogP contribution in [0.15, 0.2) is 0 Å². The Morgan fingerprint density at radius 2 is 1.69 bits per heavy atom. The summed E-state index contributed by atoms with van der Waals surface area (Å²) in [7, 11) is -3.50. The molecule has 0 bridgehead atoms. The van der Waals surface area contributed by atoms with Gasteiger partial charge in [-0.2, -0.15) is 0 Å². The number of hydrogen-bond acceptors (Lipinski definition) is 3. The van der Waals surface area contributed by atoms with Crippen molar-refractivity contribution in [2.45, 2.75) is 27.7 Å². The summed E-state index contributed by atoms with van der Waals surface area (Å²) in [6.07, 6.45) is 0. The topological polar surface area (TPSA) is 89.3 Å². The lowest BCUT2D eigenvalue weighted by atomic mass is 10.0. The average molecular weight is 248 g/mol. The van der Waals surface area contributed by atoms with Gasteiger partial charge in [0.1, 0.15) is 0 Å². The van der Waals surface area contributed by atoms with Crippen LogP contribution in [-0.4, -0.2) is 26.6 Å². The first-order valence-corrected chi connectivity index (χ1v) is 7.00. The number of carbonyl (C=O) groups is 1. The van der Waals surface area contributed by atoms with Crippen molar-refractivity contribution in [2.24, 2.45) is 21.9 Å². The van der Waals surface area contributed by atoms with Crippen LogP contribution < -0.4 is 10.5 Å². The quantitative estimate of drug-likeness (QED) is 0.738. The van der Waals surface area contributed by atoms with E-state index >= 15 is 0 Å². The lowest BCUT2D eigenvalue weighted by Crippen LogP contribution is -2.33. The molecule has 1 amide bonds. The van der Waals surface area contributed by atoms with Crippen molar-refractivity contribution in [1.82, 2.24) is 5.32 Å². The molecule has 0 aromatic rings. The fraction of sp³-hybridized carbons (Fsp3) is 0.900. The number of sulfonamides is 1. The molecule has 16 heavy (non-hydrogen) atoms. The Bertz CT molecular complexity index is 384. The van der Waals surface area contributed by atoms with Gasteiger partial charge in [0.25, 0.3) is 0 Å². The molecule has 0 aromatic carbocycles. The minimum absolute atomic E-state index is 0.0291. The van der Waals surface area contributed by atoms with Crippen molar-refractivity contribution < 1.29 is 13.2 Å². The van der Waals surface area contributed by atoms with E-state index in [1.807, 2.05) is 27.7 Å². The second kappa shape index (κ2) is 3.70. The van der Waals surface area contributed by atoms with E-state index in [0.29, 0.717) is 0 Å². The van der Waals surface area contributed by atoms with Crippen molar-refractivity contribution in [3.05, 3.63) is 0 Å². The highest BCUT2D eigenvalue weighted by Gasteiger charge is 2.68. The Labute approximate surface area is 96.8 Å². The maximum absolute atomic E-state index is 11.8. The van der Waals surface area contributed by atoms with Crippen LogP contribution in [0.2, 0.25) is 0 Å². The van der Waals surface area contributed by atoms with E-state index < -0.39 is 10.0 Å². The van der Waals surface area contributed by atoms with E-state index in [0.717, 1.165) is 0 Å². The van der Waals surface area contributed by atoms with E-state index in [2.05, 4.69) is 5.32 Å². The number of rotatable bonds is 4. The van der Waals surface area contributed by atoms with Crippen LogP contribution >= 0.6 is 0 Å². The molecule has 1 aliphatic rings. The molecule has 1 fully saturated rings. The molecule has 94 valence electrons. The zero-order chi connectivity index (χ0) is 12.8. The molecule has 0 atom stereocenters. The third-order valence-corrected chi connectivity index (χ3v) is 4.74. The van der Waals surface area contributed by atoms with Crippen molar-refractivity contribution in [3.63, 3.8) is 0 Å². The maximum atomic E-state index is 11.8. The summed E-state index contributed by atoms with van der Waals surface area (Å²) in [4.78, 5) is 11.8. The standard InChI is InChI=1S/C10H20N2O3S/c1-9(2)7(10(9,3)4)8(13)12-5-6-16(11,14)15/h7H,5-6H2,1-4H3,(H,12,13)(H2,11,14,15). The summed E-state index contributed by atoms with van der Waals surface area (Å²) in [6.45, 7) is 8.24. The highest BCUT2D eigenvalue weighted by atomic mass is 32.2. The molecule has 0 heterocycles. The van der Waals surface area contributed by atoms with Crippen molar-refractivity contribution in [1.29, 1.82) is 0 Å². The van der Waals surface area contributed by atoms with Gasteiger partial charge < -0.3 is 5.32 Å². The second-order valence-electron chi connectivity index (χ2n) is 5.53. The molecule has 0 radical (unpaired) electrons. The van der Waals surface area contributed by atoms with Gasteiger partial charge in [-0.05, 0) is 10.8 Å². The van der Waals surface area contributed by atoms with E-state index in [1.165, 1.54) is 0 Å². The minimum Gasteiger partial charge on any atom is -0.355 e. The Morgan fingerprint density at radius 1 is 1.25 bits per heavy atom. The summed E-state index contributed by atoms with van der Waals surface area (Å²) in [5.74, 6) is -0.356. The maximum Gasteiger partial charge on any atom is 0.224 e. The lowest BCUT2D eigenvalue weighted by molar-refractivity contribution is -0.123. The van der Waals surface area contributed by atoms with E-state index in [4.69, 9.17) is 5.14 Å². The number of nitrogens with two attached hydrogens (primary N) is 1. The van der Waals surface area contributed by atoms with Crippen LogP contribution in [0.4, 0.5) is 0 Å². The van der Waals surface area contributed by atoms with Crippen molar-refractivity contribution in [3.8, 4) is 0 Å². The molecule has 0 saturated heterocycles. The molecule has 6 heteroatoms. The predicted octanol–water partition coefficient (Wildman–Crippen LogP) is 0.0733. The molecule has 3 N–H and O–H groups in total. The Kier molecular flexibility index (Phi) is 3.11. The monoisotopic (exact) mass is 248 g/mol. The number of hydrogen-bond donors (Lipinski definition) is 2. The van der Waals surface area contributed by atoms with E-state index in [-0.39, 0.29) is 35.0 Å². The van der Waals surface area contributed by atoms with Gasteiger partial charge in [0.05, 0.1) is 5.75 Å². The number of amides is 1. The molecule has 5 nitrogen and oxygen atoms in total. The summed E-state index contributed by atoms with van der Waals surface area (Å²) in [5, 5.41) is 7.46. The zero-order valence-electron chi connectivity index (χ0n) is 10.2. The predicted molar refractivity (Wildman–Crippen MR) is 62.0 cm³/mol. The van der Waals surface area contributed by atoms with Gasteiger partial charge in [0, 0.05) is 12.5 Å². The Hall–Kier alpha value is -0.620. The normalized spacial score (nSPS) is 22.8. The largest absolute Gasteiger partial charge is 0.355 e. The van der Waals surface area contributed by atoms with Crippen LogP contribution in [-0.2, 0) is 14.8 Å². The summed E-state index contributed by atoms with van der Waals surface area (Å²) < 4.78 is 21.4. The van der Waals surface area contributed by atoms with E-state index in [9.17, 15) is 13.2 Å². The second-order valence-corrected chi connectivity index (χ2v) is 7.27. The molecule has 1 saturated carbocycles. The molecule has 0 aromatic heterocycles. The molecule has 1 aliphatic carbocycles. The average Bonchev–Trinajstić information content (AvgIpc) is 2.39. The molecular weight excluding hydrogens is 228 g/mol. The lowest BCUT2D eigenvalue weighted by Gasteiger charge is -2.05. The van der Waals surface area contributed by atoms with Gasteiger partial charge in [0.15, 0.2) is 0 Å². The first-order valence-electron chi connectivity index (χ1n) is 5.28. The minimum atomic E-state index is -3.50. The van der Waals surface area contributed by atoms with Crippen LogP contribution in [0, 0.1) is 16.7 Å². The van der Waals surface area contributed by atoms with Gasteiger partial charge in [-0.3, -0.25) is 4.79 Å². The summed E-state index contributed by atoms with van der Waals surface area (Å²) >= 11 is 0. The SMILES string of the molecule is CC1(C)C(C(=O)NCCS(N)(=O)=O)C1(C)C. The van der Waals surface area contributed by atoms with Gasteiger partial charge in [0.2, 0.25) is 15.9 Å². The van der Waals surface area contributed by atoms with Gasteiger partial charge >= 0.3 is 0 Å². The highest BCUT2D eigenvalue weighted by molar-refractivity contribution is 7.89. The van der Waals surface area contributed by atoms with Crippen LogP contribution in [0.3, 0.4) is 0 Å². The number of carbonyl (C=O) groups excluding carboxylic acids is 1. The molecular formula is C10H20N2O3S. The summed E-state index contributed by atoms with van der Waals surface area (Å²) in [6, 6.07) is 0. The first kappa shape index (κ1) is 13.4. The zero-order valence-corrected chi connectivity index (χ0v) is 11.0. The molecule has 0 aliphatic heterocycles. The third-order valence-electron chi connectivity index (χ3n) is 3.97. The fourth-order valence-electron chi connectivity index (χ4n) is 2.27. The smallest absolute Gasteiger partial charge is 0.224 e. The van der Waals surface area contributed by atoms with Gasteiger partial charge in [-0.1, -0.05) is 27.7 Å². The number of nitrogens with one attached hydrogen (secondary N) is 1. The van der Waals surface area contributed by atoms with Crippen LogP contribution in [0.25, 0.3) is 0 Å².